The van der Waals surface area contributed by atoms with Crippen LogP contribution in [0.1, 0.15) is 5.56 Å². The molecule has 1 aromatic rings. The van der Waals surface area contributed by atoms with Gasteiger partial charge in [0.2, 0.25) is 5.88 Å². The van der Waals surface area contributed by atoms with E-state index in [4.69, 9.17) is 5.73 Å². The predicted molar refractivity (Wildman–Crippen MR) is 51.9 cm³/mol. The van der Waals surface area contributed by atoms with Crippen LogP contribution >= 0.6 is 15.9 Å². The van der Waals surface area contributed by atoms with Crippen LogP contribution in [0.4, 0.5) is 4.79 Å². The van der Waals surface area contributed by atoms with Gasteiger partial charge in [0, 0.05) is 17.6 Å². The number of amides is 1. The molecule has 0 aliphatic carbocycles. The molecule has 0 radical (unpaired) electrons. The second-order valence-electron chi connectivity index (χ2n) is 2.36. The van der Waals surface area contributed by atoms with Crippen LogP contribution in [0.25, 0.3) is 0 Å². The Hall–Kier alpha value is -1.10. The lowest BCUT2D eigenvalue weighted by Crippen LogP contribution is -2.16. The average Bonchev–Trinajstić information content (AvgIpc) is 2.08. The van der Waals surface area contributed by atoms with Crippen LogP contribution in [0.2, 0.25) is 0 Å². The van der Waals surface area contributed by atoms with E-state index in [-0.39, 0.29) is 5.88 Å². The lowest BCUT2D eigenvalue weighted by Gasteiger charge is -2.00. The van der Waals surface area contributed by atoms with Crippen molar-refractivity contribution in [3.63, 3.8) is 0 Å². The minimum atomic E-state index is -0.847. The Balaban J connectivity index is 2.64. The van der Waals surface area contributed by atoms with E-state index in [2.05, 4.69) is 25.7 Å². The van der Waals surface area contributed by atoms with Gasteiger partial charge in [-0.25, -0.2) is 9.78 Å². The van der Waals surface area contributed by atoms with Crippen LogP contribution in [-0.2, 0) is 6.42 Å². The molecule has 0 fully saturated rings. The lowest BCUT2D eigenvalue weighted by molar-refractivity contribution is 0.209. The molecule has 0 aliphatic rings. The quantitative estimate of drug-likeness (QED) is 0.820. The normalized spacial score (nSPS) is 9.62. The average molecular weight is 245 g/mol. The van der Waals surface area contributed by atoms with Crippen LogP contribution in [0, 0.1) is 0 Å². The van der Waals surface area contributed by atoms with E-state index in [0.29, 0.717) is 0 Å². The van der Waals surface area contributed by atoms with Gasteiger partial charge in [-0.15, -0.1) is 0 Å². The first kappa shape index (κ1) is 9.98. The number of primary amides is 1. The monoisotopic (exact) mass is 244 g/mol. The van der Waals surface area contributed by atoms with Crippen LogP contribution in [0.3, 0.4) is 0 Å². The highest BCUT2D eigenvalue weighted by Crippen LogP contribution is 2.08. The Morgan fingerprint density at radius 3 is 2.85 bits per heavy atom. The molecule has 13 heavy (non-hydrogen) atoms. The van der Waals surface area contributed by atoms with Crippen molar-refractivity contribution in [2.75, 3.05) is 5.33 Å². The first-order chi connectivity index (χ1) is 6.22. The van der Waals surface area contributed by atoms with Gasteiger partial charge in [-0.1, -0.05) is 22.0 Å². The first-order valence-corrected chi connectivity index (χ1v) is 4.82. The summed E-state index contributed by atoms with van der Waals surface area (Å²) in [6.45, 7) is 0. The minimum Gasteiger partial charge on any atom is -0.391 e. The number of hydrogen-bond acceptors (Lipinski definition) is 3. The number of hydrogen-bond donors (Lipinski definition) is 1. The highest BCUT2D eigenvalue weighted by atomic mass is 79.9. The SMILES string of the molecule is NC(=O)Oc1ccc(CCBr)cn1. The fourth-order valence-electron chi connectivity index (χ4n) is 0.831. The van der Waals surface area contributed by atoms with Gasteiger partial charge in [0.1, 0.15) is 0 Å². The number of aromatic nitrogens is 1. The van der Waals surface area contributed by atoms with Gasteiger partial charge in [-0.3, -0.25) is 0 Å². The topological polar surface area (TPSA) is 65.2 Å². The van der Waals surface area contributed by atoms with Crippen molar-refractivity contribution in [1.82, 2.24) is 4.98 Å². The van der Waals surface area contributed by atoms with Crippen molar-refractivity contribution in [2.24, 2.45) is 5.73 Å². The molecule has 5 heteroatoms. The Bertz CT molecular complexity index is 287. The van der Waals surface area contributed by atoms with Crippen LogP contribution in [0.15, 0.2) is 18.3 Å². The highest BCUT2D eigenvalue weighted by Gasteiger charge is 1.99. The Morgan fingerprint density at radius 1 is 1.62 bits per heavy atom. The zero-order valence-electron chi connectivity index (χ0n) is 6.87. The third-order valence-corrected chi connectivity index (χ3v) is 1.78. The van der Waals surface area contributed by atoms with Gasteiger partial charge in [0.15, 0.2) is 0 Å². The number of aryl methyl sites for hydroxylation is 1. The Labute approximate surface area is 84.2 Å². The minimum absolute atomic E-state index is 0.228. The summed E-state index contributed by atoms with van der Waals surface area (Å²) in [4.78, 5) is 14.2. The molecule has 0 aromatic carbocycles. The van der Waals surface area contributed by atoms with Gasteiger partial charge in [0.05, 0.1) is 0 Å². The number of nitrogens with two attached hydrogens (primary N) is 1. The first-order valence-electron chi connectivity index (χ1n) is 3.70. The number of carbonyl (C=O) groups is 1. The maximum atomic E-state index is 10.3. The van der Waals surface area contributed by atoms with Gasteiger partial charge in [-0.2, -0.15) is 0 Å². The summed E-state index contributed by atoms with van der Waals surface area (Å²) in [5.74, 6) is 0.228. The van der Waals surface area contributed by atoms with Crippen molar-refractivity contribution in [1.29, 1.82) is 0 Å². The second kappa shape index (κ2) is 4.81. The molecule has 0 unspecified atom stereocenters. The Morgan fingerprint density at radius 2 is 2.38 bits per heavy atom. The fourth-order valence-corrected chi connectivity index (χ4v) is 1.29. The molecule has 0 saturated carbocycles. The number of rotatable bonds is 3. The number of nitrogens with zero attached hydrogens (tertiary/aromatic N) is 1. The number of ether oxygens (including phenoxy) is 1. The van der Waals surface area contributed by atoms with Gasteiger partial charge >= 0.3 is 6.09 Å². The molecular weight excluding hydrogens is 236 g/mol. The zero-order chi connectivity index (χ0) is 9.68. The molecule has 0 aliphatic heterocycles. The molecule has 0 spiro atoms. The van der Waals surface area contributed by atoms with Crippen molar-refractivity contribution in [3.05, 3.63) is 23.9 Å². The number of halogens is 1. The van der Waals surface area contributed by atoms with Crippen molar-refractivity contribution in [2.45, 2.75) is 6.42 Å². The number of carbonyl (C=O) groups excluding carboxylic acids is 1. The maximum Gasteiger partial charge on any atom is 0.411 e. The van der Waals surface area contributed by atoms with Crippen molar-refractivity contribution in [3.8, 4) is 5.88 Å². The highest BCUT2D eigenvalue weighted by molar-refractivity contribution is 9.09. The van der Waals surface area contributed by atoms with E-state index >= 15 is 0 Å². The molecule has 0 bridgehead atoms. The number of pyridine rings is 1. The van der Waals surface area contributed by atoms with Crippen molar-refractivity contribution >= 4 is 22.0 Å². The summed E-state index contributed by atoms with van der Waals surface area (Å²) in [7, 11) is 0. The molecule has 0 saturated heterocycles. The van der Waals surface area contributed by atoms with Gasteiger partial charge in [0.25, 0.3) is 0 Å². The second-order valence-corrected chi connectivity index (χ2v) is 3.16. The largest absolute Gasteiger partial charge is 0.411 e. The molecule has 1 rings (SSSR count). The summed E-state index contributed by atoms with van der Waals surface area (Å²) in [6.07, 6.45) is 1.70. The predicted octanol–water partition coefficient (Wildman–Crippen LogP) is 1.48. The third-order valence-electron chi connectivity index (χ3n) is 1.39. The summed E-state index contributed by atoms with van der Waals surface area (Å²) < 4.78 is 4.56. The van der Waals surface area contributed by atoms with Gasteiger partial charge < -0.3 is 10.5 Å². The molecule has 1 heterocycles. The van der Waals surface area contributed by atoms with E-state index in [1.807, 2.05) is 6.07 Å². The molecule has 1 amide bonds. The number of alkyl halides is 1. The standard InChI is InChI=1S/C8H9BrN2O2/c9-4-3-6-1-2-7(11-5-6)13-8(10)12/h1-2,5H,3-4H2,(H2,10,12). The molecule has 4 nitrogen and oxygen atoms in total. The molecule has 2 N–H and O–H groups in total. The molecular formula is C8H9BrN2O2. The van der Waals surface area contributed by atoms with E-state index in [1.165, 1.54) is 0 Å². The zero-order valence-corrected chi connectivity index (χ0v) is 8.45. The molecule has 70 valence electrons. The molecule has 1 aromatic heterocycles. The summed E-state index contributed by atoms with van der Waals surface area (Å²) in [6, 6.07) is 3.45. The third kappa shape index (κ3) is 3.42. The Kier molecular flexibility index (Phi) is 3.70. The lowest BCUT2D eigenvalue weighted by atomic mass is 10.2. The van der Waals surface area contributed by atoms with E-state index < -0.39 is 6.09 Å². The van der Waals surface area contributed by atoms with Crippen molar-refractivity contribution < 1.29 is 9.53 Å². The molecule has 0 atom stereocenters. The summed E-state index contributed by atoms with van der Waals surface area (Å²) in [5.41, 5.74) is 5.89. The summed E-state index contributed by atoms with van der Waals surface area (Å²) >= 11 is 3.31. The van der Waals surface area contributed by atoms with Crippen LogP contribution in [-0.4, -0.2) is 16.4 Å². The summed E-state index contributed by atoms with van der Waals surface area (Å²) in [5, 5.41) is 0.880. The van der Waals surface area contributed by atoms with E-state index in [9.17, 15) is 4.79 Å². The van der Waals surface area contributed by atoms with Gasteiger partial charge in [-0.05, 0) is 12.0 Å². The van der Waals surface area contributed by atoms with Crippen LogP contribution < -0.4 is 10.5 Å². The van der Waals surface area contributed by atoms with Crippen LogP contribution in [0.5, 0.6) is 5.88 Å². The maximum absolute atomic E-state index is 10.3. The smallest absolute Gasteiger partial charge is 0.391 e. The van der Waals surface area contributed by atoms with E-state index in [1.54, 1.807) is 12.3 Å². The fraction of sp³-hybridized carbons (Fsp3) is 0.250. The van der Waals surface area contributed by atoms with E-state index in [0.717, 1.165) is 17.3 Å².